The van der Waals surface area contributed by atoms with Crippen LogP contribution in [0.2, 0.25) is 0 Å². The van der Waals surface area contributed by atoms with Gasteiger partial charge in [-0.3, -0.25) is 9.89 Å². The van der Waals surface area contributed by atoms with Crippen molar-refractivity contribution in [3.05, 3.63) is 11.8 Å². The van der Waals surface area contributed by atoms with Crippen LogP contribution < -0.4 is 5.32 Å². The van der Waals surface area contributed by atoms with Crippen LogP contribution in [-0.4, -0.2) is 27.1 Å². The zero-order valence-corrected chi connectivity index (χ0v) is 8.86. The predicted molar refractivity (Wildman–Crippen MR) is 57.4 cm³/mol. The Balaban J connectivity index is 1.93. The average molecular weight is 211 g/mol. The summed E-state index contributed by atoms with van der Waals surface area (Å²) in [4.78, 5) is 11.6. The van der Waals surface area contributed by atoms with E-state index in [4.69, 9.17) is 0 Å². The van der Waals surface area contributed by atoms with E-state index in [0.717, 1.165) is 24.3 Å². The summed E-state index contributed by atoms with van der Waals surface area (Å²) in [6, 6.07) is 1.83. The van der Waals surface area contributed by atoms with Crippen LogP contribution in [0.15, 0.2) is 6.07 Å². The molecule has 1 unspecified atom stereocenters. The molecule has 1 saturated heterocycles. The van der Waals surface area contributed by atoms with Gasteiger partial charge in [-0.05, 0) is 25.5 Å². The molecule has 2 N–H and O–H groups in total. The number of amides is 1. The molecule has 1 aromatic heterocycles. The maximum atomic E-state index is 11.6. The summed E-state index contributed by atoms with van der Waals surface area (Å²) in [6.07, 6.45) is 2.13. The number of aromatic nitrogens is 2. The molecule has 1 fully saturated rings. The Morgan fingerprint density at radius 1 is 1.79 bits per heavy atom. The summed E-state index contributed by atoms with van der Waals surface area (Å²) in [7, 11) is 0. The lowest BCUT2D eigenvalue weighted by molar-refractivity contribution is -0.115. The van der Waals surface area contributed by atoms with Gasteiger partial charge in [0.2, 0.25) is 5.91 Å². The number of hydrogen-bond donors (Lipinski definition) is 2. The minimum atomic E-state index is 0.0824. The van der Waals surface area contributed by atoms with E-state index in [2.05, 4.69) is 15.5 Å². The standard InChI is InChI=1S/C9H13N3OS/c1-6-5-8(12-11-6)10-9(13)7-3-2-4-14-7/h5,7H,2-4H2,1H3,(H2,10,11,12,13). The summed E-state index contributed by atoms with van der Waals surface area (Å²) >= 11 is 1.73. The van der Waals surface area contributed by atoms with E-state index in [9.17, 15) is 4.79 Å². The fourth-order valence-electron chi connectivity index (χ4n) is 1.47. The van der Waals surface area contributed by atoms with Gasteiger partial charge in [0, 0.05) is 11.8 Å². The molecule has 0 aromatic carbocycles. The number of nitrogens with one attached hydrogen (secondary N) is 2. The third kappa shape index (κ3) is 2.09. The van der Waals surface area contributed by atoms with E-state index in [-0.39, 0.29) is 11.2 Å². The third-order valence-corrected chi connectivity index (χ3v) is 3.56. The smallest absolute Gasteiger partial charge is 0.238 e. The lowest BCUT2D eigenvalue weighted by Crippen LogP contribution is -2.22. The summed E-state index contributed by atoms with van der Waals surface area (Å²) in [6.45, 7) is 1.91. The highest BCUT2D eigenvalue weighted by atomic mass is 32.2. The van der Waals surface area contributed by atoms with Gasteiger partial charge >= 0.3 is 0 Å². The minimum absolute atomic E-state index is 0.0824. The first-order valence-electron chi connectivity index (χ1n) is 4.70. The highest BCUT2D eigenvalue weighted by Gasteiger charge is 2.23. The molecule has 14 heavy (non-hydrogen) atoms. The van der Waals surface area contributed by atoms with Gasteiger partial charge in [-0.1, -0.05) is 0 Å². The van der Waals surface area contributed by atoms with Crippen LogP contribution in [0.4, 0.5) is 5.82 Å². The van der Waals surface area contributed by atoms with Crippen molar-refractivity contribution in [3.8, 4) is 0 Å². The third-order valence-electron chi connectivity index (χ3n) is 2.18. The molecule has 1 atom stereocenters. The van der Waals surface area contributed by atoms with Crippen LogP contribution in [0.1, 0.15) is 18.5 Å². The van der Waals surface area contributed by atoms with Crippen molar-refractivity contribution in [1.29, 1.82) is 0 Å². The number of nitrogens with zero attached hydrogens (tertiary/aromatic N) is 1. The first-order chi connectivity index (χ1) is 6.75. The Morgan fingerprint density at radius 2 is 2.64 bits per heavy atom. The number of thioether (sulfide) groups is 1. The topological polar surface area (TPSA) is 57.8 Å². The Morgan fingerprint density at radius 3 is 3.21 bits per heavy atom. The van der Waals surface area contributed by atoms with Gasteiger partial charge in [0.05, 0.1) is 5.25 Å². The van der Waals surface area contributed by atoms with Gasteiger partial charge in [-0.15, -0.1) is 11.8 Å². The average Bonchev–Trinajstić information content (AvgIpc) is 2.75. The van der Waals surface area contributed by atoms with Crippen molar-refractivity contribution >= 4 is 23.5 Å². The number of aromatic amines is 1. The number of carbonyl (C=O) groups excluding carboxylic acids is 1. The van der Waals surface area contributed by atoms with E-state index in [1.165, 1.54) is 0 Å². The molecule has 1 aliphatic rings. The Bertz CT molecular complexity index is 331. The van der Waals surface area contributed by atoms with Gasteiger partial charge in [0.15, 0.2) is 5.82 Å². The second kappa shape index (κ2) is 4.04. The monoisotopic (exact) mass is 211 g/mol. The summed E-state index contributed by atoms with van der Waals surface area (Å²) < 4.78 is 0. The highest BCUT2D eigenvalue weighted by Crippen LogP contribution is 2.26. The minimum Gasteiger partial charge on any atom is -0.308 e. The van der Waals surface area contributed by atoms with E-state index in [1.54, 1.807) is 11.8 Å². The molecule has 0 aliphatic carbocycles. The zero-order chi connectivity index (χ0) is 9.97. The summed E-state index contributed by atoms with van der Waals surface area (Å²) in [5, 5.41) is 9.67. The normalized spacial score (nSPS) is 21.1. The van der Waals surface area contributed by atoms with Crippen molar-refractivity contribution in [2.75, 3.05) is 11.1 Å². The Labute approximate surface area is 86.8 Å². The molecule has 1 amide bonds. The highest BCUT2D eigenvalue weighted by molar-refractivity contribution is 8.00. The number of aryl methyl sites for hydroxylation is 1. The molecule has 4 nitrogen and oxygen atoms in total. The molecule has 0 spiro atoms. The van der Waals surface area contributed by atoms with Crippen LogP contribution in [0.25, 0.3) is 0 Å². The molecule has 2 rings (SSSR count). The van der Waals surface area contributed by atoms with Crippen molar-refractivity contribution in [2.45, 2.75) is 25.0 Å². The predicted octanol–water partition coefficient (Wildman–Crippen LogP) is 1.55. The molecular formula is C9H13N3OS. The molecule has 1 aromatic rings. The van der Waals surface area contributed by atoms with E-state index < -0.39 is 0 Å². The fourth-order valence-corrected chi connectivity index (χ4v) is 2.63. The van der Waals surface area contributed by atoms with Crippen molar-refractivity contribution in [1.82, 2.24) is 10.2 Å². The van der Waals surface area contributed by atoms with E-state index in [1.807, 2.05) is 13.0 Å². The maximum Gasteiger partial charge on any atom is 0.238 e. The van der Waals surface area contributed by atoms with E-state index >= 15 is 0 Å². The van der Waals surface area contributed by atoms with Crippen LogP contribution >= 0.6 is 11.8 Å². The van der Waals surface area contributed by atoms with Gasteiger partial charge in [0.1, 0.15) is 0 Å². The lowest BCUT2D eigenvalue weighted by atomic mass is 10.2. The van der Waals surface area contributed by atoms with Gasteiger partial charge in [-0.25, -0.2) is 0 Å². The number of hydrogen-bond acceptors (Lipinski definition) is 3. The molecule has 2 heterocycles. The van der Waals surface area contributed by atoms with Gasteiger partial charge in [0.25, 0.3) is 0 Å². The summed E-state index contributed by atoms with van der Waals surface area (Å²) in [5.41, 5.74) is 0.958. The largest absolute Gasteiger partial charge is 0.308 e. The van der Waals surface area contributed by atoms with Crippen LogP contribution in [0.5, 0.6) is 0 Å². The molecule has 76 valence electrons. The lowest BCUT2D eigenvalue weighted by Gasteiger charge is -2.06. The first-order valence-corrected chi connectivity index (χ1v) is 5.75. The van der Waals surface area contributed by atoms with Gasteiger partial charge < -0.3 is 5.32 Å². The van der Waals surface area contributed by atoms with Crippen molar-refractivity contribution < 1.29 is 4.79 Å². The second-order valence-corrected chi connectivity index (χ2v) is 4.74. The zero-order valence-electron chi connectivity index (χ0n) is 8.04. The maximum absolute atomic E-state index is 11.6. The van der Waals surface area contributed by atoms with Crippen LogP contribution in [0, 0.1) is 6.92 Å². The quantitative estimate of drug-likeness (QED) is 0.780. The summed E-state index contributed by atoms with van der Waals surface area (Å²) in [5.74, 6) is 1.80. The molecule has 0 radical (unpaired) electrons. The Hall–Kier alpha value is -0.970. The second-order valence-electron chi connectivity index (χ2n) is 3.43. The first kappa shape index (κ1) is 9.58. The van der Waals surface area contributed by atoms with Crippen molar-refractivity contribution in [2.24, 2.45) is 0 Å². The Kier molecular flexibility index (Phi) is 2.77. The molecular weight excluding hydrogens is 198 g/mol. The fraction of sp³-hybridized carbons (Fsp3) is 0.556. The SMILES string of the molecule is Cc1cc(NC(=O)C2CCCS2)n[nH]1. The van der Waals surface area contributed by atoms with Gasteiger partial charge in [-0.2, -0.15) is 5.10 Å². The molecule has 0 saturated carbocycles. The van der Waals surface area contributed by atoms with Crippen molar-refractivity contribution in [3.63, 3.8) is 0 Å². The number of anilines is 1. The molecule has 0 bridgehead atoms. The van der Waals surface area contributed by atoms with Crippen LogP contribution in [0.3, 0.4) is 0 Å². The number of H-pyrrole nitrogens is 1. The van der Waals surface area contributed by atoms with E-state index in [0.29, 0.717) is 5.82 Å². The molecule has 1 aliphatic heterocycles. The van der Waals surface area contributed by atoms with Crippen LogP contribution in [-0.2, 0) is 4.79 Å². The number of rotatable bonds is 2. The number of carbonyl (C=O) groups is 1. The molecule has 5 heteroatoms.